The molecule has 1 unspecified atom stereocenters. The first-order chi connectivity index (χ1) is 17.6. The van der Waals surface area contributed by atoms with E-state index in [0.717, 1.165) is 45.7 Å². The Bertz CT molecular complexity index is 1470. The van der Waals surface area contributed by atoms with Crippen LogP contribution in [0.5, 0.6) is 0 Å². The number of halogens is 1. The van der Waals surface area contributed by atoms with Gasteiger partial charge in [-0.25, -0.2) is 9.97 Å². The summed E-state index contributed by atoms with van der Waals surface area (Å²) in [4.78, 5) is 30.3. The van der Waals surface area contributed by atoms with Crippen LogP contribution in [0.2, 0.25) is 5.02 Å². The number of amides is 1. The van der Waals surface area contributed by atoms with Crippen LogP contribution in [-0.4, -0.2) is 39.1 Å². The first-order valence-corrected chi connectivity index (χ1v) is 13.1. The molecule has 4 aromatic rings. The minimum absolute atomic E-state index is 0.00352. The van der Waals surface area contributed by atoms with E-state index in [9.17, 15) is 9.90 Å². The molecule has 2 aliphatic rings. The number of aliphatic hydroxyl groups excluding tert-OH is 1. The van der Waals surface area contributed by atoms with Crippen LogP contribution in [0.3, 0.4) is 0 Å². The van der Waals surface area contributed by atoms with Gasteiger partial charge in [0.15, 0.2) is 5.65 Å². The van der Waals surface area contributed by atoms with E-state index in [1.807, 2.05) is 54.6 Å². The van der Waals surface area contributed by atoms with Crippen molar-refractivity contribution in [1.82, 2.24) is 15.0 Å². The molecule has 0 spiro atoms. The number of piperidine rings is 1. The minimum Gasteiger partial charge on any atom is -0.510 e. The number of aromatic nitrogens is 3. The van der Waals surface area contributed by atoms with E-state index in [1.165, 1.54) is 42.0 Å². The molecule has 2 aromatic carbocycles. The van der Waals surface area contributed by atoms with Crippen molar-refractivity contribution in [3.05, 3.63) is 83.1 Å². The second kappa shape index (κ2) is 9.52. The highest BCUT2D eigenvalue weighted by Crippen LogP contribution is 2.44. The average molecular weight is 518 g/mol. The number of nitrogens with zero attached hydrogens (tertiary/aromatic N) is 4. The largest absolute Gasteiger partial charge is 0.510 e. The summed E-state index contributed by atoms with van der Waals surface area (Å²) in [5, 5.41) is 11.8. The Labute approximate surface area is 217 Å². The number of H-pyrrole nitrogens is 1. The molecule has 0 bridgehead atoms. The lowest BCUT2D eigenvalue weighted by molar-refractivity contribution is -0.113. The summed E-state index contributed by atoms with van der Waals surface area (Å²) in [6.45, 7) is 2.01. The van der Waals surface area contributed by atoms with Crippen LogP contribution in [0.4, 0.5) is 11.6 Å². The highest BCUT2D eigenvalue weighted by Gasteiger charge is 2.36. The number of hydrogen-bond acceptors (Lipinski definition) is 6. The van der Waals surface area contributed by atoms with Crippen LogP contribution in [0, 0.1) is 0 Å². The molecule has 36 heavy (non-hydrogen) atoms. The van der Waals surface area contributed by atoms with Crippen molar-refractivity contribution in [2.45, 2.75) is 35.2 Å². The summed E-state index contributed by atoms with van der Waals surface area (Å²) < 4.78 is 0. The molecule has 0 radical (unpaired) electrons. The molecule has 1 saturated heterocycles. The third-order valence-electron chi connectivity index (χ3n) is 6.54. The van der Waals surface area contributed by atoms with E-state index in [1.54, 1.807) is 6.07 Å². The second-order valence-electron chi connectivity index (χ2n) is 8.91. The van der Waals surface area contributed by atoms with Gasteiger partial charge in [0.05, 0.1) is 10.7 Å². The van der Waals surface area contributed by atoms with Crippen LogP contribution in [-0.2, 0) is 4.79 Å². The molecule has 6 rings (SSSR count). The van der Waals surface area contributed by atoms with Gasteiger partial charge in [-0.1, -0.05) is 59.8 Å². The van der Waals surface area contributed by atoms with Crippen molar-refractivity contribution in [3.63, 3.8) is 0 Å². The Hall–Kier alpha value is -3.49. The Morgan fingerprint density at radius 3 is 2.58 bits per heavy atom. The van der Waals surface area contributed by atoms with E-state index < -0.39 is 6.04 Å². The SMILES string of the molecule is O=C1C=C(O)C(c2ccccc2)N1c1cccc(Sc2ccc3nc(N4CCCCC4)[nH]c3n2)c1Cl. The summed E-state index contributed by atoms with van der Waals surface area (Å²) in [5.41, 5.74) is 2.91. The maximum absolute atomic E-state index is 12.9. The molecule has 2 aromatic heterocycles. The first-order valence-electron chi connectivity index (χ1n) is 12.0. The smallest absolute Gasteiger partial charge is 0.255 e. The molecule has 2 N–H and O–H groups in total. The predicted octanol–water partition coefficient (Wildman–Crippen LogP) is 6.28. The highest BCUT2D eigenvalue weighted by molar-refractivity contribution is 7.99. The summed E-state index contributed by atoms with van der Waals surface area (Å²) in [6, 6.07) is 18.3. The van der Waals surface area contributed by atoms with Gasteiger partial charge in [-0.05, 0) is 49.1 Å². The van der Waals surface area contributed by atoms with Crippen LogP contribution in [0.1, 0.15) is 30.9 Å². The van der Waals surface area contributed by atoms with Crippen molar-refractivity contribution >= 4 is 52.1 Å². The zero-order valence-corrected chi connectivity index (χ0v) is 21.0. The van der Waals surface area contributed by atoms with Gasteiger partial charge in [0, 0.05) is 24.1 Å². The number of nitrogens with one attached hydrogen (secondary N) is 1. The number of benzene rings is 2. The van der Waals surface area contributed by atoms with Crippen molar-refractivity contribution in [3.8, 4) is 0 Å². The summed E-state index contributed by atoms with van der Waals surface area (Å²) in [5.74, 6) is 0.551. The fraction of sp³-hybridized carbons (Fsp3) is 0.222. The lowest BCUT2D eigenvalue weighted by Gasteiger charge is -2.27. The number of aromatic amines is 1. The molecule has 7 nitrogen and oxygen atoms in total. The van der Waals surface area contributed by atoms with Crippen molar-refractivity contribution < 1.29 is 9.90 Å². The van der Waals surface area contributed by atoms with Gasteiger partial charge in [-0.15, -0.1) is 0 Å². The van der Waals surface area contributed by atoms with Crippen molar-refractivity contribution in [2.75, 3.05) is 22.9 Å². The Balaban J connectivity index is 1.30. The number of hydrogen-bond donors (Lipinski definition) is 2. The maximum atomic E-state index is 12.9. The number of imidazole rings is 1. The fourth-order valence-electron chi connectivity index (χ4n) is 4.80. The standard InChI is InChI=1S/C27H24ClN5O2S/c28-24-19(33-23(35)16-20(34)25(33)17-8-3-1-4-9-17)10-7-11-21(24)36-22-13-12-18-26(30-22)31-27(29-18)32-14-5-2-6-15-32/h1,3-4,7-13,16,25,34H,2,5-6,14-15H2,(H,29,30,31). The van der Waals surface area contributed by atoms with Crippen LogP contribution in [0.25, 0.3) is 11.2 Å². The topological polar surface area (TPSA) is 85.4 Å². The number of rotatable bonds is 5. The number of fused-ring (bicyclic) bond motifs is 1. The molecular weight excluding hydrogens is 494 g/mol. The van der Waals surface area contributed by atoms with E-state index in [0.29, 0.717) is 10.7 Å². The van der Waals surface area contributed by atoms with E-state index >= 15 is 0 Å². The molecule has 0 aliphatic carbocycles. The van der Waals surface area contributed by atoms with Gasteiger partial charge in [0.2, 0.25) is 5.95 Å². The number of aliphatic hydroxyl groups is 1. The molecule has 1 atom stereocenters. The van der Waals surface area contributed by atoms with Crippen molar-refractivity contribution in [1.29, 1.82) is 0 Å². The Morgan fingerprint density at radius 2 is 1.78 bits per heavy atom. The zero-order valence-electron chi connectivity index (χ0n) is 19.4. The van der Waals surface area contributed by atoms with Gasteiger partial charge >= 0.3 is 0 Å². The van der Waals surface area contributed by atoms with Gasteiger partial charge in [-0.3, -0.25) is 9.69 Å². The third kappa shape index (κ3) is 4.20. The molecule has 1 amide bonds. The molecule has 0 saturated carbocycles. The molecule has 1 fully saturated rings. The highest BCUT2D eigenvalue weighted by atomic mass is 35.5. The predicted molar refractivity (Wildman–Crippen MR) is 143 cm³/mol. The summed E-state index contributed by atoms with van der Waals surface area (Å²) in [7, 11) is 0. The normalized spacial score (nSPS) is 18.2. The molecule has 2 aliphatic heterocycles. The number of carbonyl (C=O) groups excluding carboxylic acids is 1. The van der Waals surface area contributed by atoms with Gasteiger partial charge in [-0.2, -0.15) is 0 Å². The van der Waals surface area contributed by atoms with E-state index in [4.69, 9.17) is 21.6 Å². The van der Waals surface area contributed by atoms with Gasteiger partial charge in [0.1, 0.15) is 22.3 Å². The fourth-order valence-corrected chi connectivity index (χ4v) is 5.97. The quantitative estimate of drug-likeness (QED) is 0.324. The number of pyridine rings is 1. The maximum Gasteiger partial charge on any atom is 0.255 e. The van der Waals surface area contributed by atoms with Crippen molar-refractivity contribution in [2.24, 2.45) is 0 Å². The zero-order chi connectivity index (χ0) is 24.6. The van der Waals surface area contributed by atoms with E-state index in [2.05, 4.69) is 9.88 Å². The lowest BCUT2D eigenvalue weighted by Crippen LogP contribution is -2.30. The molecular formula is C27H24ClN5O2S. The summed E-state index contributed by atoms with van der Waals surface area (Å²) >= 11 is 8.28. The molecule has 4 heterocycles. The first kappa shape index (κ1) is 22.9. The van der Waals surface area contributed by atoms with Crippen LogP contribution >= 0.6 is 23.4 Å². The van der Waals surface area contributed by atoms with E-state index in [-0.39, 0.29) is 11.7 Å². The molecule has 9 heteroatoms. The number of carbonyl (C=O) groups is 1. The number of anilines is 2. The molecule has 182 valence electrons. The second-order valence-corrected chi connectivity index (χ2v) is 10.3. The lowest BCUT2D eigenvalue weighted by atomic mass is 10.1. The van der Waals surface area contributed by atoms with Crippen LogP contribution < -0.4 is 9.80 Å². The van der Waals surface area contributed by atoms with Gasteiger partial charge < -0.3 is 15.0 Å². The third-order valence-corrected chi connectivity index (χ3v) is 8.05. The Morgan fingerprint density at radius 1 is 0.972 bits per heavy atom. The van der Waals surface area contributed by atoms with Crippen LogP contribution in [0.15, 0.2) is 82.4 Å². The Kier molecular flexibility index (Phi) is 6.07. The summed E-state index contributed by atoms with van der Waals surface area (Å²) in [6.07, 6.45) is 4.87. The average Bonchev–Trinajstić information content (AvgIpc) is 3.46. The monoisotopic (exact) mass is 517 g/mol. The van der Waals surface area contributed by atoms with Gasteiger partial charge in [0.25, 0.3) is 5.91 Å². The minimum atomic E-state index is -0.621.